The minimum Gasteiger partial charge on any atom is -0.481 e. The van der Waals surface area contributed by atoms with E-state index in [-0.39, 0.29) is 5.92 Å². The van der Waals surface area contributed by atoms with Gasteiger partial charge in [-0.15, -0.1) is 0 Å². The van der Waals surface area contributed by atoms with Crippen LogP contribution < -0.4 is 0 Å². The van der Waals surface area contributed by atoms with Crippen molar-refractivity contribution in [1.29, 1.82) is 0 Å². The quantitative estimate of drug-likeness (QED) is 0.296. The van der Waals surface area contributed by atoms with Crippen molar-refractivity contribution in [2.45, 2.75) is 63.1 Å². The number of aliphatic carboxylic acids is 1. The molecule has 38 heavy (non-hydrogen) atoms. The van der Waals surface area contributed by atoms with Crippen LogP contribution in [0.1, 0.15) is 74.3 Å². The zero-order valence-corrected chi connectivity index (χ0v) is 22.6. The number of hydrogen-bond acceptors (Lipinski definition) is 4. The number of piperidine rings is 1. The highest BCUT2D eigenvalue weighted by Crippen LogP contribution is 2.42. The lowest BCUT2D eigenvalue weighted by molar-refractivity contribution is -0.143. The standard InChI is InChI=1S/C33H41NO4/c1-3-32(2,31(36)37)26-18-16-25(17-19-26)30(35)15-10-22-34-23-20-29(21-24-34)33(38,27-11-6-4-7-12-27)28-13-8-5-9-14-28/h4-9,11-14,16-19,29-30,35,38H,3,10,15,20-24H2,1-2H3,(H,36,37). The summed E-state index contributed by atoms with van der Waals surface area (Å²) in [6.45, 7) is 6.36. The summed E-state index contributed by atoms with van der Waals surface area (Å²) in [6, 6.07) is 27.4. The average Bonchev–Trinajstić information content (AvgIpc) is 2.97. The number of nitrogens with zero attached hydrogens (tertiary/aromatic N) is 1. The number of likely N-dealkylation sites (tertiary alicyclic amines) is 1. The molecule has 3 aromatic carbocycles. The van der Waals surface area contributed by atoms with E-state index in [2.05, 4.69) is 4.90 Å². The van der Waals surface area contributed by atoms with Gasteiger partial charge < -0.3 is 20.2 Å². The van der Waals surface area contributed by atoms with Crippen LogP contribution in [0.3, 0.4) is 0 Å². The topological polar surface area (TPSA) is 81.0 Å². The second kappa shape index (κ2) is 12.2. The summed E-state index contributed by atoms with van der Waals surface area (Å²) in [5.41, 5.74) is 1.56. The molecule has 0 saturated carbocycles. The van der Waals surface area contributed by atoms with Crippen molar-refractivity contribution in [3.05, 3.63) is 107 Å². The van der Waals surface area contributed by atoms with Crippen LogP contribution in [0, 0.1) is 5.92 Å². The van der Waals surface area contributed by atoms with Crippen LogP contribution in [-0.2, 0) is 15.8 Å². The molecule has 0 aromatic heterocycles. The molecular formula is C33H41NO4. The predicted molar refractivity (Wildman–Crippen MR) is 151 cm³/mol. The van der Waals surface area contributed by atoms with Crippen molar-refractivity contribution in [2.75, 3.05) is 19.6 Å². The van der Waals surface area contributed by atoms with Gasteiger partial charge in [-0.1, -0.05) is 91.9 Å². The van der Waals surface area contributed by atoms with E-state index >= 15 is 0 Å². The second-order valence-corrected chi connectivity index (χ2v) is 10.9. The maximum Gasteiger partial charge on any atom is 0.313 e. The maximum absolute atomic E-state index is 12.1. The first-order valence-electron chi connectivity index (χ1n) is 13.9. The van der Waals surface area contributed by atoms with Crippen molar-refractivity contribution >= 4 is 5.97 Å². The van der Waals surface area contributed by atoms with Crippen LogP contribution in [0.5, 0.6) is 0 Å². The van der Waals surface area contributed by atoms with Gasteiger partial charge in [0.2, 0.25) is 0 Å². The summed E-state index contributed by atoms with van der Waals surface area (Å²) < 4.78 is 0. The molecule has 1 aliphatic heterocycles. The maximum atomic E-state index is 12.1. The molecule has 2 atom stereocenters. The molecule has 202 valence electrons. The predicted octanol–water partition coefficient (Wildman–Crippen LogP) is 5.90. The first kappa shape index (κ1) is 28.0. The highest BCUT2D eigenvalue weighted by molar-refractivity contribution is 5.80. The van der Waals surface area contributed by atoms with Gasteiger partial charge in [-0.2, -0.15) is 0 Å². The molecule has 1 fully saturated rings. The van der Waals surface area contributed by atoms with Crippen LogP contribution >= 0.6 is 0 Å². The Bertz CT molecular complexity index is 1120. The molecule has 0 amide bonds. The third-order valence-electron chi connectivity index (χ3n) is 8.67. The van der Waals surface area contributed by atoms with Gasteiger partial charge in [0, 0.05) is 0 Å². The highest BCUT2D eigenvalue weighted by Gasteiger charge is 2.41. The first-order valence-corrected chi connectivity index (χ1v) is 13.9. The minimum atomic E-state index is -1.01. The molecule has 5 nitrogen and oxygen atoms in total. The number of rotatable bonds is 11. The van der Waals surface area contributed by atoms with Crippen LogP contribution in [0.4, 0.5) is 0 Å². The monoisotopic (exact) mass is 515 g/mol. The van der Waals surface area contributed by atoms with Gasteiger partial charge in [0.15, 0.2) is 0 Å². The Morgan fingerprint density at radius 2 is 1.42 bits per heavy atom. The molecule has 3 N–H and O–H groups in total. The van der Waals surface area contributed by atoms with Crippen molar-refractivity contribution in [3.8, 4) is 0 Å². The fourth-order valence-corrected chi connectivity index (χ4v) is 5.82. The molecule has 0 bridgehead atoms. The average molecular weight is 516 g/mol. The number of carboxylic acids is 1. The Morgan fingerprint density at radius 3 is 1.89 bits per heavy atom. The first-order chi connectivity index (χ1) is 18.3. The third kappa shape index (κ3) is 5.85. The molecule has 5 heteroatoms. The van der Waals surface area contributed by atoms with Gasteiger partial charge in [0.25, 0.3) is 0 Å². The molecule has 3 aromatic rings. The summed E-state index contributed by atoms with van der Waals surface area (Å²) in [6.07, 6.45) is 3.28. The molecule has 0 aliphatic carbocycles. The van der Waals surface area contributed by atoms with Gasteiger partial charge in [0.1, 0.15) is 5.60 Å². The molecule has 1 heterocycles. The number of aliphatic hydroxyl groups excluding tert-OH is 1. The van der Waals surface area contributed by atoms with E-state index in [4.69, 9.17) is 0 Å². The summed E-state index contributed by atoms with van der Waals surface area (Å²) in [4.78, 5) is 14.1. The van der Waals surface area contributed by atoms with Crippen molar-refractivity contribution in [2.24, 2.45) is 5.92 Å². The van der Waals surface area contributed by atoms with E-state index in [9.17, 15) is 20.1 Å². The van der Waals surface area contributed by atoms with Crippen LogP contribution in [0.2, 0.25) is 0 Å². The van der Waals surface area contributed by atoms with Crippen molar-refractivity contribution < 1.29 is 20.1 Å². The van der Waals surface area contributed by atoms with Gasteiger partial charge >= 0.3 is 5.97 Å². The van der Waals surface area contributed by atoms with Gasteiger partial charge in [-0.05, 0) is 86.8 Å². The molecule has 2 unspecified atom stereocenters. The van der Waals surface area contributed by atoms with Crippen LogP contribution in [-0.4, -0.2) is 45.8 Å². The smallest absolute Gasteiger partial charge is 0.313 e. The van der Waals surface area contributed by atoms with Gasteiger partial charge in [-0.25, -0.2) is 0 Å². The van der Waals surface area contributed by atoms with E-state index in [1.54, 1.807) is 6.92 Å². The minimum absolute atomic E-state index is 0.132. The second-order valence-electron chi connectivity index (χ2n) is 10.9. The number of benzene rings is 3. The normalized spacial score (nSPS) is 17.6. The van der Waals surface area contributed by atoms with Crippen LogP contribution in [0.15, 0.2) is 84.9 Å². The highest BCUT2D eigenvalue weighted by atomic mass is 16.4. The number of hydrogen-bond donors (Lipinski definition) is 3. The van der Waals surface area contributed by atoms with E-state index in [1.165, 1.54) is 0 Å². The lowest BCUT2D eigenvalue weighted by Crippen LogP contribution is -2.44. The van der Waals surface area contributed by atoms with E-state index in [1.807, 2.05) is 91.9 Å². The van der Waals surface area contributed by atoms with E-state index in [0.29, 0.717) is 12.8 Å². The Kier molecular flexibility index (Phi) is 9.03. The number of carboxylic acid groups (broad SMARTS) is 1. The Morgan fingerprint density at radius 1 is 0.895 bits per heavy atom. The molecule has 0 radical (unpaired) electrons. The molecule has 0 spiro atoms. The molecular weight excluding hydrogens is 474 g/mol. The Labute approximate surface area is 226 Å². The summed E-state index contributed by atoms with van der Waals surface area (Å²) in [5, 5.41) is 32.4. The van der Waals surface area contributed by atoms with Crippen molar-refractivity contribution in [1.82, 2.24) is 4.90 Å². The van der Waals surface area contributed by atoms with Crippen molar-refractivity contribution in [3.63, 3.8) is 0 Å². The lowest BCUT2D eigenvalue weighted by Gasteiger charge is -2.42. The number of aliphatic hydroxyl groups is 2. The Balaban J connectivity index is 1.31. The number of carbonyl (C=O) groups is 1. The van der Waals surface area contributed by atoms with Gasteiger partial charge in [0.05, 0.1) is 11.5 Å². The zero-order valence-electron chi connectivity index (χ0n) is 22.6. The fourth-order valence-electron chi connectivity index (χ4n) is 5.82. The summed E-state index contributed by atoms with van der Waals surface area (Å²) in [5.74, 6) is -0.699. The van der Waals surface area contributed by atoms with E-state index < -0.39 is 23.1 Å². The molecule has 1 saturated heterocycles. The van der Waals surface area contributed by atoms with Crippen LogP contribution in [0.25, 0.3) is 0 Å². The Hall–Kier alpha value is -2.99. The summed E-state index contributed by atoms with van der Waals surface area (Å²) >= 11 is 0. The largest absolute Gasteiger partial charge is 0.481 e. The SMILES string of the molecule is CCC(C)(C(=O)O)c1ccc(C(O)CCCN2CCC(C(O)(c3ccccc3)c3ccccc3)CC2)cc1. The molecule has 1 aliphatic rings. The van der Waals surface area contributed by atoms with E-state index in [0.717, 1.165) is 61.2 Å². The molecule has 4 rings (SSSR count). The fraction of sp³-hybridized carbons (Fsp3) is 0.424. The zero-order chi connectivity index (χ0) is 27.2. The lowest BCUT2D eigenvalue weighted by atomic mass is 9.72. The van der Waals surface area contributed by atoms with Gasteiger partial charge in [-0.3, -0.25) is 4.79 Å². The third-order valence-corrected chi connectivity index (χ3v) is 8.67. The summed E-state index contributed by atoms with van der Waals surface area (Å²) in [7, 11) is 0.